The first-order chi connectivity index (χ1) is 5.61. The Kier molecular flexibility index (Phi) is 1.19. The minimum atomic E-state index is 0.538. The topological polar surface area (TPSA) is 61.7 Å². The highest BCUT2D eigenvalue weighted by atomic mass is 15.4. The van der Waals surface area contributed by atoms with Crippen molar-refractivity contribution in [3.63, 3.8) is 0 Å². The molecule has 0 saturated carbocycles. The Morgan fingerprint density at radius 3 is 2.25 bits per heavy atom. The molecule has 2 N–H and O–H groups in total. The molecule has 2 aromatic rings. The molecular weight excluding hydrogens is 154 g/mol. The number of nitrogen functional groups attached to an aromatic ring is 1. The van der Waals surface area contributed by atoms with E-state index in [4.69, 9.17) is 5.73 Å². The summed E-state index contributed by atoms with van der Waals surface area (Å²) in [5.41, 5.74) is 8.58. The molecule has 64 valence electrons. The molecule has 2 heterocycles. The number of hydrogen-bond acceptors (Lipinski definition) is 3. The van der Waals surface area contributed by atoms with Crippen molar-refractivity contribution in [2.45, 2.75) is 6.92 Å². The van der Waals surface area contributed by atoms with Gasteiger partial charge in [0.05, 0.1) is 5.69 Å². The van der Waals surface area contributed by atoms with E-state index in [1.807, 2.05) is 21.0 Å². The van der Waals surface area contributed by atoms with Gasteiger partial charge in [-0.1, -0.05) is 0 Å². The first-order valence-corrected chi connectivity index (χ1v) is 3.73. The molecule has 0 fully saturated rings. The number of fused-ring (bicyclic) bond motifs is 1. The predicted molar refractivity (Wildman–Crippen MR) is 46.6 cm³/mol. The molecule has 12 heavy (non-hydrogen) atoms. The van der Waals surface area contributed by atoms with Gasteiger partial charge in [0.25, 0.3) is 0 Å². The average molecular weight is 165 g/mol. The number of hydrogen-bond donors (Lipinski definition) is 1. The van der Waals surface area contributed by atoms with E-state index in [0.29, 0.717) is 5.82 Å². The van der Waals surface area contributed by atoms with Crippen LogP contribution in [0.1, 0.15) is 5.69 Å². The van der Waals surface area contributed by atoms with E-state index in [9.17, 15) is 0 Å². The highest BCUT2D eigenvalue weighted by molar-refractivity contribution is 5.87. The molecule has 0 aliphatic carbocycles. The summed E-state index contributed by atoms with van der Waals surface area (Å²) >= 11 is 0. The summed E-state index contributed by atoms with van der Waals surface area (Å²) in [5.74, 6) is 0.538. The first-order valence-electron chi connectivity index (χ1n) is 3.73. The fourth-order valence-corrected chi connectivity index (χ4v) is 1.58. The summed E-state index contributed by atoms with van der Waals surface area (Å²) in [5, 5.41) is 8.35. The molecule has 0 saturated heterocycles. The lowest BCUT2D eigenvalue weighted by molar-refractivity contribution is 0.767. The molecule has 2 rings (SSSR count). The van der Waals surface area contributed by atoms with Gasteiger partial charge in [0.2, 0.25) is 0 Å². The van der Waals surface area contributed by atoms with Crippen LogP contribution in [-0.4, -0.2) is 19.6 Å². The van der Waals surface area contributed by atoms with Gasteiger partial charge in [-0.25, -0.2) is 0 Å². The number of aryl methyl sites for hydroxylation is 3. The molecule has 0 atom stereocenters. The van der Waals surface area contributed by atoms with Crippen LogP contribution in [0.25, 0.3) is 11.0 Å². The van der Waals surface area contributed by atoms with Crippen LogP contribution in [0.4, 0.5) is 5.82 Å². The molecular formula is C7H11N5. The zero-order chi connectivity index (χ0) is 8.88. The number of aromatic nitrogens is 4. The Morgan fingerprint density at radius 1 is 1.08 bits per heavy atom. The van der Waals surface area contributed by atoms with Crippen LogP contribution in [0.3, 0.4) is 0 Å². The van der Waals surface area contributed by atoms with Gasteiger partial charge in [-0.15, -0.1) is 0 Å². The monoisotopic (exact) mass is 165 g/mol. The lowest BCUT2D eigenvalue weighted by atomic mass is 10.4. The van der Waals surface area contributed by atoms with Gasteiger partial charge < -0.3 is 5.73 Å². The number of nitrogens with two attached hydrogens (primary N) is 1. The average Bonchev–Trinajstić information content (AvgIpc) is 2.38. The maximum atomic E-state index is 5.70. The molecule has 0 radical (unpaired) electrons. The van der Waals surface area contributed by atoms with Crippen LogP contribution in [0.5, 0.6) is 0 Å². The predicted octanol–water partition coefficient (Wildman–Crippen LogP) is 0.197. The van der Waals surface area contributed by atoms with Crippen molar-refractivity contribution in [2.75, 3.05) is 5.73 Å². The zero-order valence-electron chi connectivity index (χ0n) is 7.37. The van der Waals surface area contributed by atoms with Crippen LogP contribution in [-0.2, 0) is 14.1 Å². The molecule has 0 spiro atoms. The standard InChI is InChI=1S/C7H11N5/c1-4-5-6(12(3)9-4)7(8)10-11(5)2/h1-3H3,(H2,8,10). The van der Waals surface area contributed by atoms with E-state index in [1.165, 1.54) is 0 Å². The van der Waals surface area contributed by atoms with E-state index in [-0.39, 0.29) is 0 Å². The van der Waals surface area contributed by atoms with E-state index < -0.39 is 0 Å². The lowest BCUT2D eigenvalue weighted by Crippen LogP contribution is -1.96. The molecule has 0 aliphatic heterocycles. The van der Waals surface area contributed by atoms with Crippen molar-refractivity contribution >= 4 is 16.9 Å². The Morgan fingerprint density at radius 2 is 1.67 bits per heavy atom. The molecule has 0 unspecified atom stereocenters. The molecule has 0 amide bonds. The zero-order valence-corrected chi connectivity index (χ0v) is 7.37. The molecule has 5 nitrogen and oxygen atoms in total. The lowest BCUT2D eigenvalue weighted by Gasteiger charge is -1.89. The fourth-order valence-electron chi connectivity index (χ4n) is 1.58. The van der Waals surface area contributed by atoms with Crippen molar-refractivity contribution in [3.8, 4) is 0 Å². The molecule has 0 aromatic carbocycles. The first kappa shape index (κ1) is 7.15. The fraction of sp³-hybridized carbons (Fsp3) is 0.429. The quantitative estimate of drug-likeness (QED) is 0.606. The third kappa shape index (κ3) is 0.677. The van der Waals surface area contributed by atoms with E-state index in [1.54, 1.807) is 9.36 Å². The minimum absolute atomic E-state index is 0.538. The van der Waals surface area contributed by atoms with Gasteiger partial charge in [0.1, 0.15) is 11.0 Å². The smallest absolute Gasteiger partial charge is 0.171 e. The molecule has 0 bridgehead atoms. The maximum Gasteiger partial charge on any atom is 0.171 e. The summed E-state index contributed by atoms with van der Waals surface area (Å²) in [6, 6.07) is 0. The van der Waals surface area contributed by atoms with E-state index in [0.717, 1.165) is 16.7 Å². The Bertz CT molecular complexity index is 361. The summed E-state index contributed by atoms with van der Waals surface area (Å²) < 4.78 is 3.51. The third-order valence-electron chi connectivity index (χ3n) is 2.01. The van der Waals surface area contributed by atoms with Crippen LogP contribution >= 0.6 is 0 Å². The van der Waals surface area contributed by atoms with Crippen LogP contribution in [0.2, 0.25) is 0 Å². The van der Waals surface area contributed by atoms with Gasteiger partial charge in [0.15, 0.2) is 5.82 Å². The summed E-state index contributed by atoms with van der Waals surface area (Å²) in [7, 11) is 3.74. The van der Waals surface area contributed by atoms with Crippen molar-refractivity contribution < 1.29 is 0 Å². The van der Waals surface area contributed by atoms with Crippen LogP contribution in [0.15, 0.2) is 0 Å². The third-order valence-corrected chi connectivity index (χ3v) is 2.01. The molecule has 0 aliphatic rings. The molecule has 5 heteroatoms. The van der Waals surface area contributed by atoms with Crippen molar-refractivity contribution in [2.24, 2.45) is 14.1 Å². The van der Waals surface area contributed by atoms with Gasteiger partial charge >= 0.3 is 0 Å². The van der Waals surface area contributed by atoms with Crippen LogP contribution in [0, 0.1) is 6.92 Å². The Hall–Kier alpha value is -1.52. The van der Waals surface area contributed by atoms with E-state index >= 15 is 0 Å². The summed E-state index contributed by atoms with van der Waals surface area (Å²) in [4.78, 5) is 0. The van der Waals surface area contributed by atoms with Crippen molar-refractivity contribution in [3.05, 3.63) is 5.69 Å². The summed E-state index contributed by atoms with van der Waals surface area (Å²) in [6.45, 7) is 1.95. The van der Waals surface area contributed by atoms with Gasteiger partial charge in [-0.3, -0.25) is 9.36 Å². The Balaban J connectivity index is 3.01. The van der Waals surface area contributed by atoms with Gasteiger partial charge in [-0.05, 0) is 6.92 Å². The Labute approximate surface area is 69.8 Å². The number of anilines is 1. The van der Waals surface area contributed by atoms with Crippen LogP contribution < -0.4 is 5.73 Å². The number of rotatable bonds is 0. The van der Waals surface area contributed by atoms with E-state index in [2.05, 4.69) is 10.2 Å². The van der Waals surface area contributed by atoms with Gasteiger partial charge in [0, 0.05) is 14.1 Å². The second-order valence-electron chi connectivity index (χ2n) is 2.92. The number of nitrogens with zero attached hydrogens (tertiary/aromatic N) is 4. The largest absolute Gasteiger partial charge is 0.380 e. The second-order valence-corrected chi connectivity index (χ2v) is 2.92. The SMILES string of the molecule is Cc1nn(C)c2c(N)nn(C)c12. The maximum absolute atomic E-state index is 5.70. The van der Waals surface area contributed by atoms with Gasteiger partial charge in [-0.2, -0.15) is 10.2 Å². The second kappa shape index (κ2) is 2.00. The highest BCUT2D eigenvalue weighted by Crippen LogP contribution is 2.21. The molecule has 2 aromatic heterocycles. The summed E-state index contributed by atoms with van der Waals surface area (Å²) in [6.07, 6.45) is 0. The highest BCUT2D eigenvalue weighted by Gasteiger charge is 2.13. The van der Waals surface area contributed by atoms with Crippen molar-refractivity contribution in [1.82, 2.24) is 19.6 Å². The normalized spacial score (nSPS) is 11.2. The van der Waals surface area contributed by atoms with Crippen molar-refractivity contribution in [1.29, 1.82) is 0 Å². The minimum Gasteiger partial charge on any atom is -0.380 e.